The van der Waals surface area contributed by atoms with Gasteiger partial charge in [-0.15, -0.1) is 0 Å². The zero-order valence-corrected chi connectivity index (χ0v) is 10.9. The van der Waals surface area contributed by atoms with E-state index in [9.17, 15) is 0 Å². The second-order valence-electron chi connectivity index (χ2n) is 4.40. The van der Waals surface area contributed by atoms with Crippen molar-refractivity contribution in [1.82, 2.24) is 4.98 Å². The molecule has 88 valence electrons. The van der Waals surface area contributed by atoms with Crippen molar-refractivity contribution in [3.8, 4) is 0 Å². The summed E-state index contributed by atoms with van der Waals surface area (Å²) in [5.41, 5.74) is 3.75. The summed E-state index contributed by atoms with van der Waals surface area (Å²) in [5, 5.41) is 0.790. The summed E-state index contributed by atoms with van der Waals surface area (Å²) < 4.78 is 0. The number of aryl methyl sites for hydroxylation is 1. The number of rotatable bonds is 3. The molecule has 0 N–H and O–H groups in total. The van der Waals surface area contributed by atoms with E-state index in [-0.39, 0.29) is 0 Å². The Morgan fingerprint density at radius 2 is 1.88 bits per heavy atom. The highest BCUT2D eigenvalue weighted by Gasteiger charge is 2.08. The van der Waals surface area contributed by atoms with Gasteiger partial charge in [-0.25, -0.2) is 0 Å². The van der Waals surface area contributed by atoms with Gasteiger partial charge in [0.1, 0.15) is 0 Å². The molecule has 0 saturated carbocycles. The molecule has 0 aliphatic heterocycles. The Labute approximate surface area is 107 Å². The molecular formula is C15H16ClN. The zero-order valence-electron chi connectivity index (χ0n) is 10.2. The number of nitrogens with zero attached hydrogens (tertiary/aromatic N) is 1. The molecule has 0 aliphatic carbocycles. The van der Waals surface area contributed by atoms with Gasteiger partial charge in [0.05, 0.1) is 0 Å². The Kier molecular flexibility index (Phi) is 3.80. The lowest BCUT2D eigenvalue weighted by molar-refractivity contribution is 0.751. The van der Waals surface area contributed by atoms with Crippen LogP contribution in [0.25, 0.3) is 0 Å². The van der Waals surface area contributed by atoms with Gasteiger partial charge >= 0.3 is 0 Å². The maximum atomic E-state index is 5.89. The molecule has 2 rings (SSSR count). The highest BCUT2D eigenvalue weighted by atomic mass is 35.5. The van der Waals surface area contributed by atoms with Crippen LogP contribution in [-0.2, 0) is 6.42 Å². The first-order chi connectivity index (χ1) is 8.16. The van der Waals surface area contributed by atoms with Crippen LogP contribution in [0.2, 0.25) is 5.02 Å². The summed E-state index contributed by atoms with van der Waals surface area (Å²) >= 11 is 5.89. The van der Waals surface area contributed by atoms with E-state index < -0.39 is 0 Å². The molecule has 1 nitrogen and oxygen atoms in total. The van der Waals surface area contributed by atoms with Gasteiger partial charge in [0, 0.05) is 16.9 Å². The standard InChI is InChI=1S/C15H16ClN/c1-11(13-5-7-15(16)8-6-13)10-14-4-3-9-17-12(14)2/h3-9,11H,10H2,1-2H3. The second kappa shape index (κ2) is 5.33. The highest BCUT2D eigenvalue weighted by Crippen LogP contribution is 2.22. The molecule has 1 atom stereocenters. The van der Waals surface area contributed by atoms with Crippen LogP contribution in [0, 0.1) is 6.92 Å². The van der Waals surface area contributed by atoms with Gasteiger partial charge in [0.2, 0.25) is 0 Å². The number of benzene rings is 1. The fourth-order valence-corrected chi connectivity index (χ4v) is 2.10. The maximum Gasteiger partial charge on any atom is 0.0406 e. The summed E-state index contributed by atoms with van der Waals surface area (Å²) in [5.74, 6) is 0.482. The van der Waals surface area contributed by atoms with E-state index >= 15 is 0 Å². The molecule has 2 aromatic rings. The van der Waals surface area contributed by atoms with E-state index in [4.69, 9.17) is 11.6 Å². The molecule has 1 heterocycles. The molecule has 0 aliphatic rings. The molecule has 1 aromatic heterocycles. The quantitative estimate of drug-likeness (QED) is 0.782. The van der Waals surface area contributed by atoms with E-state index in [1.54, 1.807) is 0 Å². The first kappa shape index (κ1) is 12.1. The fraction of sp³-hybridized carbons (Fsp3) is 0.267. The molecule has 17 heavy (non-hydrogen) atoms. The highest BCUT2D eigenvalue weighted by molar-refractivity contribution is 6.30. The lowest BCUT2D eigenvalue weighted by Gasteiger charge is -2.13. The van der Waals surface area contributed by atoms with Crippen molar-refractivity contribution in [2.24, 2.45) is 0 Å². The largest absolute Gasteiger partial charge is 0.261 e. The Hall–Kier alpha value is -1.34. The van der Waals surface area contributed by atoms with Crippen molar-refractivity contribution in [3.05, 3.63) is 64.4 Å². The fourth-order valence-electron chi connectivity index (χ4n) is 1.97. The Balaban J connectivity index is 2.14. The molecule has 2 heteroatoms. The summed E-state index contributed by atoms with van der Waals surface area (Å²) in [6.07, 6.45) is 2.85. The predicted molar refractivity (Wildman–Crippen MR) is 72.5 cm³/mol. The third kappa shape index (κ3) is 3.07. The monoisotopic (exact) mass is 245 g/mol. The van der Waals surface area contributed by atoms with Crippen molar-refractivity contribution in [2.75, 3.05) is 0 Å². The third-order valence-electron chi connectivity index (χ3n) is 3.08. The SMILES string of the molecule is Cc1ncccc1CC(C)c1ccc(Cl)cc1. The van der Waals surface area contributed by atoms with E-state index in [0.29, 0.717) is 5.92 Å². The molecule has 0 radical (unpaired) electrons. The molecule has 0 bridgehead atoms. The number of aromatic nitrogens is 1. The average molecular weight is 246 g/mol. The van der Waals surface area contributed by atoms with Crippen molar-refractivity contribution in [3.63, 3.8) is 0 Å². The van der Waals surface area contributed by atoms with Gasteiger partial charge in [-0.05, 0) is 48.6 Å². The van der Waals surface area contributed by atoms with Crippen LogP contribution >= 0.6 is 11.6 Å². The lowest BCUT2D eigenvalue weighted by Crippen LogP contribution is -2.01. The van der Waals surface area contributed by atoms with E-state index in [0.717, 1.165) is 17.1 Å². The number of pyridine rings is 1. The van der Waals surface area contributed by atoms with Crippen molar-refractivity contribution >= 4 is 11.6 Å². The smallest absolute Gasteiger partial charge is 0.0406 e. The van der Waals surface area contributed by atoms with Gasteiger partial charge in [0.25, 0.3) is 0 Å². The van der Waals surface area contributed by atoms with Crippen molar-refractivity contribution in [1.29, 1.82) is 0 Å². The molecule has 0 fully saturated rings. The first-order valence-corrected chi connectivity index (χ1v) is 6.20. The van der Waals surface area contributed by atoms with Crippen LogP contribution in [0.4, 0.5) is 0 Å². The first-order valence-electron chi connectivity index (χ1n) is 5.83. The van der Waals surface area contributed by atoms with Gasteiger partial charge in [-0.3, -0.25) is 4.98 Å². The van der Waals surface area contributed by atoms with Gasteiger partial charge in [0.15, 0.2) is 0 Å². The summed E-state index contributed by atoms with van der Waals surface area (Å²) in [4.78, 5) is 4.32. The normalized spacial score (nSPS) is 12.4. The van der Waals surface area contributed by atoms with E-state index in [1.807, 2.05) is 24.4 Å². The van der Waals surface area contributed by atoms with E-state index in [2.05, 4.69) is 37.0 Å². The Bertz CT molecular complexity index is 491. The van der Waals surface area contributed by atoms with Gasteiger partial charge in [-0.2, -0.15) is 0 Å². The van der Waals surface area contributed by atoms with E-state index in [1.165, 1.54) is 11.1 Å². The minimum Gasteiger partial charge on any atom is -0.261 e. The topological polar surface area (TPSA) is 12.9 Å². The Morgan fingerprint density at radius 1 is 1.18 bits per heavy atom. The van der Waals surface area contributed by atoms with Crippen LogP contribution in [0.1, 0.15) is 29.7 Å². The van der Waals surface area contributed by atoms with Crippen molar-refractivity contribution in [2.45, 2.75) is 26.2 Å². The minimum atomic E-state index is 0.482. The van der Waals surface area contributed by atoms with Gasteiger partial charge < -0.3 is 0 Å². The predicted octanol–water partition coefficient (Wildman–Crippen LogP) is 4.39. The Morgan fingerprint density at radius 3 is 2.53 bits per heavy atom. The van der Waals surface area contributed by atoms with Crippen LogP contribution in [-0.4, -0.2) is 4.98 Å². The number of halogens is 1. The van der Waals surface area contributed by atoms with Crippen LogP contribution in [0.5, 0.6) is 0 Å². The average Bonchev–Trinajstić information content (AvgIpc) is 2.33. The van der Waals surface area contributed by atoms with Crippen molar-refractivity contribution < 1.29 is 0 Å². The number of hydrogen-bond acceptors (Lipinski definition) is 1. The maximum absolute atomic E-state index is 5.89. The minimum absolute atomic E-state index is 0.482. The molecule has 0 saturated heterocycles. The summed E-state index contributed by atoms with van der Waals surface area (Å²) in [6.45, 7) is 4.29. The second-order valence-corrected chi connectivity index (χ2v) is 4.84. The zero-order chi connectivity index (χ0) is 12.3. The summed E-state index contributed by atoms with van der Waals surface area (Å²) in [7, 11) is 0. The third-order valence-corrected chi connectivity index (χ3v) is 3.33. The van der Waals surface area contributed by atoms with Crippen LogP contribution in [0.15, 0.2) is 42.6 Å². The molecule has 0 amide bonds. The lowest BCUT2D eigenvalue weighted by atomic mass is 9.93. The molecular weight excluding hydrogens is 230 g/mol. The molecule has 0 spiro atoms. The molecule has 1 aromatic carbocycles. The van der Waals surface area contributed by atoms with Crippen LogP contribution in [0.3, 0.4) is 0 Å². The number of hydrogen-bond donors (Lipinski definition) is 0. The van der Waals surface area contributed by atoms with Crippen LogP contribution < -0.4 is 0 Å². The van der Waals surface area contributed by atoms with Gasteiger partial charge in [-0.1, -0.05) is 36.7 Å². The summed E-state index contributed by atoms with van der Waals surface area (Å²) in [6, 6.07) is 12.2. The molecule has 1 unspecified atom stereocenters.